The summed E-state index contributed by atoms with van der Waals surface area (Å²) in [7, 11) is 0. The molecule has 12 aromatic carbocycles. The molecule has 0 fully saturated rings. The predicted octanol–water partition coefficient (Wildman–Crippen LogP) is 15.5. The number of fused-ring (bicyclic) bond motifs is 4. The van der Waals surface area contributed by atoms with Crippen molar-refractivity contribution in [3.63, 3.8) is 0 Å². The van der Waals surface area contributed by atoms with E-state index in [-0.39, 0.29) is 0 Å². The second-order valence-electron chi connectivity index (χ2n) is 15.8. The van der Waals surface area contributed by atoms with Gasteiger partial charge in [0.05, 0.1) is 11.0 Å². The van der Waals surface area contributed by atoms with E-state index in [2.05, 4.69) is 211 Å². The van der Waals surface area contributed by atoms with Crippen molar-refractivity contribution >= 4 is 86.4 Å². The molecule has 59 heavy (non-hydrogen) atoms. The summed E-state index contributed by atoms with van der Waals surface area (Å²) in [4.78, 5) is 5.07. The monoisotopic (exact) mass is 746 g/mol. The first kappa shape index (κ1) is 32.3. The third-order valence-electron chi connectivity index (χ3n) is 12.7. The van der Waals surface area contributed by atoms with Crippen molar-refractivity contribution in [1.82, 2.24) is 9.55 Å². The van der Waals surface area contributed by atoms with Crippen LogP contribution < -0.4 is 0 Å². The molecule has 0 saturated heterocycles. The van der Waals surface area contributed by atoms with Gasteiger partial charge in [-0.05, 0) is 128 Å². The van der Waals surface area contributed by atoms with Crippen LogP contribution in [0, 0.1) is 0 Å². The SMILES string of the molecule is c1ccc(-c2nc3ccccc3n2-c2ccc(-c3ccc(-c4cc5cccc6c7cccc8ccc9cccc(c%10cccc4c%10c56)c9c87)c4ccccc34)cc2)cc1. The molecule has 0 aliphatic heterocycles. The molecule has 0 atom stereocenters. The van der Waals surface area contributed by atoms with Gasteiger partial charge in [0.15, 0.2) is 0 Å². The quantitative estimate of drug-likeness (QED) is 0.164. The van der Waals surface area contributed by atoms with Crippen LogP contribution in [-0.2, 0) is 0 Å². The Labute approximate surface area is 340 Å². The van der Waals surface area contributed by atoms with Gasteiger partial charge in [-0.3, -0.25) is 4.57 Å². The van der Waals surface area contributed by atoms with E-state index >= 15 is 0 Å². The minimum Gasteiger partial charge on any atom is -0.292 e. The van der Waals surface area contributed by atoms with Crippen LogP contribution in [0.2, 0.25) is 0 Å². The second kappa shape index (κ2) is 12.3. The number of aromatic nitrogens is 2. The number of hydrogen-bond donors (Lipinski definition) is 0. The summed E-state index contributed by atoms with van der Waals surface area (Å²) >= 11 is 0. The van der Waals surface area contributed by atoms with Crippen LogP contribution in [0.15, 0.2) is 206 Å². The van der Waals surface area contributed by atoms with Gasteiger partial charge in [0.25, 0.3) is 0 Å². The summed E-state index contributed by atoms with van der Waals surface area (Å²) in [6, 6.07) is 75.8. The maximum absolute atomic E-state index is 5.07. The van der Waals surface area contributed by atoms with E-state index in [1.165, 1.54) is 97.7 Å². The normalized spacial score (nSPS) is 12.1. The Morgan fingerprint density at radius 3 is 1.54 bits per heavy atom. The molecule has 0 radical (unpaired) electrons. The summed E-state index contributed by atoms with van der Waals surface area (Å²) in [5, 5.41) is 18.0. The maximum atomic E-state index is 5.07. The molecule has 1 heterocycles. The van der Waals surface area contributed by atoms with Crippen LogP contribution in [0.4, 0.5) is 0 Å². The minimum atomic E-state index is 0.941. The lowest BCUT2D eigenvalue weighted by atomic mass is 9.84. The van der Waals surface area contributed by atoms with E-state index in [1.54, 1.807) is 0 Å². The molecule has 0 aliphatic rings. The fourth-order valence-corrected chi connectivity index (χ4v) is 10.2. The molecular weight excluding hydrogens is 713 g/mol. The first-order valence-corrected chi connectivity index (χ1v) is 20.4. The third-order valence-corrected chi connectivity index (χ3v) is 12.7. The molecular formula is C57H34N2. The smallest absolute Gasteiger partial charge is 0.145 e. The van der Waals surface area contributed by atoms with Crippen LogP contribution in [0.3, 0.4) is 0 Å². The maximum Gasteiger partial charge on any atom is 0.145 e. The van der Waals surface area contributed by atoms with Gasteiger partial charge in [0, 0.05) is 11.3 Å². The fraction of sp³-hybridized carbons (Fsp3) is 0. The van der Waals surface area contributed by atoms with E-state index in [9.17, 15) is 0 Å². The molecule has 13 rings (SSSR count). The van der Waals surface area contributed by atoms with Gasteiger partial charge in [-0.25, -0.2) is 4.98 Å². The Morgan fingerprint density at radius 1 is 0.305 bits per heavy atom. The number of hydrogen-bond acceptors (Lipinski definition) is 1. The molecule has 2 nitrogen and oxygen atoms in total. The van der Waals surface area contributed by atoms with Crippen molar-refractivity contribution in [3.05, 3.63) is 206 Å². The van der Waals surface area contributed by atoms with E-state index in [4.69, 9.17) is 4.98 Å². The zero-order chi connectivity index (χ0) is 38.6. The zero-order valence-corrected chi connectivity index (χ0v) is 32.0. The average molecular weight is 747 g/mol. The van der Waals surface area contributed by atoms with Crippen molar-refractivity contribution in [2.24, 2.45) is 0 Å². The van der Waals surface area contributed by atoms with E-state index in [0.29, 0.717) is 0 Å². The van der Waals surface area contributed by atoms with Crippen LogP contribution in [-0.4, -0.2) is 9.55 Å². The molecule has 0 spiro atoms. The number of imidazole rings is 1. The molecule has 0 amide bonds. The summed E-state index contributed by atoms with van der Waals surface area (Å²) in [5.74, 6) is 0.941. The highest BCUT2D eigenvalue weighted by molar-refractivity contribution is 6.38. The number of benzene rings is 11. The highest BCUT2D eigenvalue weighted by Crippen LogP contribution is 2.47. The summed E-state index contributed by atoms with van der Waals surface area (Å²) in [6.45, 7) is 0. The van der Waals surface area contributed by atoms with Crippen LogP contribution in [0.25, 0.3) is 126 Å². The van der Waals surface area contributed by atoms with Crippen LogP contribution in [0.5, 0.6) is 0 Å². The van der Waals surface area contributed by atoms with Crippen LogP contribution in [0.1, 0.15) is 0 Å². The van der Waals surface area contributed by atoms with E-state index in [1.807, 2.05) is 0 Å². The lowest BCUT2D eigenvalue weighted by Gasteiger charge is -2.19. The Kier molecular flexibility index (Phi) is 6.76. The third kappa shape index (κ3) is 4.66. The minimum absolute atomic E-state index is 0.941. The van der Waals surface area contributed by atoms with Gasteiger partial charge in [-0.2, -0.15) is 0 Å². The number of nitrogens with zero attached hydrogens (tertiary/aromatic N) is 2. The standard InChI is InChI=1S/C57H34N2/c1-2-12-38(13-3-1)57-58-51-24-6-7-25-52(51)59(57)40-30-28-35(29-31-40)41-32-33-44(43-18-5-4-17-42(41)43)50-34-39-16-10-21-46-45-19-8-14-36-26-27-37-15-9-20-47(54(37)53(36)45)48-22-11-23-49(50)56(48)55(39)46/h1-34H. The van der Waals surface area contributed by atoms with Gasteiger partial charge in [-0.1, -0.05) is 176 Å². The molecule has 0 bridgehead atoms. The van der Waals surface area contributed by atoms with E-state index < -0.39 is 0 Å². The summed E-state index contributed by atoms with van der Waals surface area (Å²) < 4.78 is 2.28. The molecule has 0 N–H and O–H groups in total. The largest absolute Gasteiger partial charge is 0.292 e. The van der Waals surface area contributed by atoms with Crippen molar-refractivity contribution in [1.29, 1.82) is 0 Å². The van der Waals surface area contributed by atoms with Crippen molar-refractivity contribution in [3.8, 4) is 39.3 Å². The molecule has 13 aromatic rings. The molecule has 272 valence electrons. The summed E-state index contributed by atoms with van der Waals surface area (Å²) in [6.07, 6.45) is 0. The summed E-state index contributed by atoms with van der Waals surface area (Å²) in [5.41, 5.74) is 9.15. The first-order chi connectivity index (χ1) is 29.3. The lowest BCUT2D eigenvalue weighted by Crippen LogP contribution is -1.97. The van der Waals surface area contributed by atoms with Gasteiger partial charge < -0.3 is 0 Å². The first-order valence-electron chi connectivity index (χ1n) is 20.4. The number of rotatable bonds is 4. The number of para-hydroxylation sites is 2. The molecule has 0 saturated carbocycles. The Balaban J connectivity index is 1.03. The average Bonchev–Trinajstić information content (AvgIpc) is 3.70. The predicted molar refractivity (Wildman–Crippen MR) is 251 cm³/mol. The zero-order valence-electron chi connectivity index (χ0n) is 32.0. The van der Waals surface area contributed by atoms with Gasteiger partial charge >= 0.3 is 0 Å². The van der Waals surface area contributed by atoms with Crippen molar-refractivity contribution < 1.29 is 0 Å². The highest BCUT2D eigenvalue weighted by Gasteiger charge is 2.20. The lowest BCUT2D eigenvalue weighted by molar-refractivity contribution is 1.10. The molecule has 2 heteroatoms. The Bertz CT molecular complexity index is 3820. The highest BCUT2D eigenvalue weighted by atomic mass is 15.1. The molecule has 0 aliphatic carbocycles. The van der Waals surface area contributed by atoms with Gasteiger partial charge in [0.1, 0.15) is 5.82 Å². The molecule has 1 aromatic heterocycles. The van der Waals surface area contributed by atoms with Crippen molar-refractivity contribution in [2.45, 2.75) is 0 Å². The molecule has 0 unspecified atom stereocenters. The van der Waals surface area contributed by atoms with Crippen molar-refractivity contribution in [2.75, 3.05) is 0 Å². The second-order valence-corrected chi connectivity index (χ2v) is 15.8. The van der Waals surface area contributed by atoms with Gasteiger partial charge in [0.2, 0.25) is 0 Å². The van der Waals surface area contributed by atoms with E-state index in [0.717, 1.165) is 28.1 Å². The van der Waals surface area contributed by atoms with Gasteiger partial charge in [-0.15, -0.1) is 0 Å². The topological polar surface area (TPSA) is 17.8 Å². The van der Waals surface area contributed by atoms with Crippen LogP contribution >= 0.6 is 0 Å². The fourth-order valence-electron chi connectivity index (χ4n) is 10.2. The Hall–Kier alpha value is -7.81. The Morgan fingerprint density at radius 2 is 0.831 bits per heavy atom.